The maximum absolute atomic E-state index is 11.6. The quantitative estimate of drug-likeness (QED) is 0.495. The number of aromatic amines is 1. The van der Waals surface area contributed by atoms with Gasteiger partial charge in [-0.25, -0.2) is 4.98 Å². The Kier molecular flexibility index (Phi) is 3.51. The molecule has 1 unspecified atom stereocenters. The Morgan fingerprint density at radius 2 is 2.35 bits per heavy atom. The van der Waals surface area contributed by atoms with Crippen molar-refractivity contribution in [3.63, 3.8) is 0 Å². The van der Waals surface area contributed by atoms with Crippen LogP contribution in [0.2, 0.25) is 0 Å². The van der Waals surface area contributed by atoms with Gasteiger partial charge in [-0.2, -0.15) is 0 Å². The zero-order valence-corrected chi connectivity index (χ0v) is 10.5. The lowest BCUT2D eigenvalue weighted by atomic mass is 10.3. The van der Waals surface area contributed by atoms with Crippen molar-refractivity contribution in [2.75, 3.05) is 7.11 Å². The summed E-state index contributed by atoms with van der Waals surface area (Å²) >= 11 is 1.28. The van der Waals surface area contributed by atoms with E-state index in [9.17, 15) is 9.59 Å². The van der Waals surface area contributed by atoms with E-state index in [2.05, 4.69) is 9.97 Å². The minimum absolute atomic E-state index is 0.195. The molecule has 1 N–H and O–H groups in total. The minimum Gasteiger partial charge on any atom is -0.468 e. The molecule has 1 aliphatic rings. The molecule has 0 bridgehead atoms. The van der Waals surface area contributed by atoms with Gasteiger partial charge in [0, 0.05) is 11.8 Å². The summed E-state index contributed by atoms with van der Waals surface area (Å²) in [5.74, 6) is 0.0971. The van der Waals surface area contributed by atoms with Crippen molar-refractivity contribution >= 4 is 17.7 Å². The van der Waals surface area contributed by atoms with E-state index < -0.39 is 0 Å². The molecule has 0 aliphatic heterocycles. The first-order valence-electron chi connectivity index (χ1n) is 5.42. The van der Waals surface area contributed by atoms with Crippen LogP contribution in [0.25, 0.3) is 0 Å². The van der Waals surface area contributed by atoms with E-state index in [0.29, 0.717) is 16.8 Å². The van der Waals surface area contributed by atoms with Crippen molar-refractivity contribution in [1.82, 2.24) is 9.97 Å². The summed E-state index contributed by atoms with van der Waals surface area (Å²) in [5, 5.41) is 0.224. The summed E-state index contributed by atoms with van der Waals surface area (Å²) in [7, 11) is 1.38. The van der Waals surface area contributed by atoms with Crippen molar-refractivity contribution in [3.05, 3.63) is 22.1 Å². The molecular formula is C11H14N2O3S. The minimum atomic E-state index is -0.259. The van der Waals surface area contributed by atoms with Crippen LogP contribution in [-0.2, 0) is 9.53 Å². The number of hydrogen-bond donors (Lipinski definition) is 1. The van der Waals surface area contributed by atoms with Gasteiger partial charge in [0.1, 0.15) is 5.25 Å². The lowest BCUT2D eigenvalue weighted by Crippen LogP contribution is -2.22. The third kappa shape index (κ3) is 3.09. The number of esters is 1. The number of nitrogens with zero attached hydrogens (tertiary/aromatic N) is 1. The molecule has 1 saturated carbocycles. The van der Waals surface area contributed by atoms with Gasteiger partial charge in [-0.3, -0.25) is 9.59 Å². The van der Waals surface area contributed by atoms with Gasteiger partial charge in [-0.1, -0.05) is 11.8 Å². The summed E-state index contributed by atoms with van der Waals surface area (Å²) in [6.07, 6.45) is 2.06. The Bertz CT molecular complexity index is 482. The smallest absolute Gasteiger partial charge is 0.319 e. The second-order valence-corrected chi connectivity index (χ2v) is 5.22. The highest BCUT2D eigenvalue weighted by Gasteiger charge is 2.38. The Morgan fingerprint density at radius 3 is 2.88 bits per heavy atom. The SMILES string of the molecule is COC(=O)C(Sc1nc(C)cc(=O)[nH]1)C1CC1. The van der Waals surface area contributed by atoms with Gasteiger partial charge >= 0.3 is 5.97 Å². The normalized spacial score (nSPS) is 16.6. The fourth-order valence-corrected chi connectivity index (χ4v) is 2.83. The van der Waals surface area contributed by atoms with Crippen LogP contribution in [-0.4, -0.2) is 28.3 Å². The van der Waals surface area contributed by atoms with Crippen molar-refractivity contribution in [1.29, 1.82) is 0 Å². The Hall–Kier alpha value is -1.30. The standard InChI is InChI=1S/C11H14N2O3S/c1-6-5-8(14)13-11(12-6)17-9(7-3-4-7)10(15)16-2/h5,7,9H,3-4H2,1-2H3,(H,12,13,14). The van der Waals surface area contributed by atoms with Crippen LogP contribution < -0.4 is 5.56 Å². The fraction of sp³-hybridized carbons (Fsp3) is 0.545. The van der Waals surface area contributed by atoms with Gasteiger partial charge in [0.2, 0.25) is 0 Å². The summed E-state index contributed by atoms with van der Waals surface area (Å²) in [4.78, 5) is 29.7. The van der Waals surface area contributed by atoms with Gasteiger partial charge in [0.15, 0.2) is 5.16 Å². The molecular weight excluding hydrogens is 240 g/mol. The highest BCUT2D eigenvalue weighted by atomic mass is 32.2. The molecule has 92 valence electrons. The Balaban J connectivity index is 2.16. The topological polar surface area (TPSA) is 72.0 Å². The highest BCUT2D eigenvalue weighted by molar-refractivity contribution is 8.00. The molecule has 2 rings (SSSR count). The molecule has 6 heteroatoms. The zero-order valence-electron chi connectivity index (χ0n) is 9.73. The van der Waals surface area contributed by atoms with Gasteiger partial charge in [0.05, 0.1) is 7.11 Å². The first-order chi connectivity index (χ1) is 8.10. The third-order valence-corrected chi connectivity index (χ3v) is 3.82. The van der Waals surface area contributed by atoms with Crippen LogP contribution in [0.4, 0.5) is 0 Å². The number of aromatic nitrogens is 2. The number of aryl methyl sites for hydroxylation is 1. The van der Waals surface area contributed by atoms with E-state index in [1.165, 1.54) is 24.9 Å². The van der Waals surface area contributed by atoms with Crippen LogP contribution in [0, 0.1) is 12.8 Å². The average Bonchev–Trinajstić information content (AvgIpc) is 3.07. The molecule has 17 heavy (non-hydrogen) atoms. The van der Waals surface area contributed by atoms with Gasteiger partial charge in [-0.15, -0.1) is 0 Å². The first kappa shape index (κ1) is 12.2. The predicted octanol–water partition coefficient (Wildman–Crippen LogP) is 1.12. The van der Waals surface area contributed by atoms with Crippen LogP contribution in [0.1, 0.15) is 18.5 Å². The van der Waals surface area contributed by atoms with E-state index in [1.54, 1.807) is 6.92 Å². The molecule has 1 aromatic heterocycles. The number of methoxy groups -OCH3 is 1. The number of hydrogen-bond acceptors (Lipinski definition) is 5. The number of carbonyl (C=O) groups is 1. The zero-order chi connectivity index (χ0) is 12.4. The molecule has 1 atom stereocenters. The third-order valence-electron chi connectivity index (χ3n) is 2.57. The highest BCUT2D eigenvalue weighted by Crippen LogP contribution is 2.41. The number of nitrogens with one attached hydrogen (secondary N) is 1. The second-order valence-electron chi connectivity index (χ2n) is 4.09. The van der Waals surface area contributed by atoms with E-state index in [0.717, 1.165) is 12.8 Å². The van der Waals surface area contributed by atoms with Gasteiger partial charge in [0.25, 0.3) is 5.56 Å². The number of ether oxygens (including phenoxy) is 1. The molecule has 0 aromatic carbocycles. The molecule has 0 radical (unpaired) electrons. The summed E-state index contributed by atoms with van der Waals surface area (Å²) in [6.45, 7) is 1.75. The monoisotopic (exact) mass is 254 g/mol. The van der Waals surface area contributed by atoms with Gasteiger partial charge < -0.3 is 9.72 Å². The largest absolute Gasteiger partial charge is 0.468 e. The van der Waals surface area contributed by atoms with E-state index in [4.69, 9.17) is 4.74 Å². The van der Waals surface area contributed by atoms with Crippen LogP contribution in [0.3, 0.4) is 0 Å². The molecule has 0 spiro atoms. The molecule has 0 saturated heterocycles. The second kappa shape index (κ2) is 4.91. The first-order valence-corrected chi connectivity index (χ1v) is 6.30. The van der Waals surface area contributed by atoms with Crippen molar-refractivity contribution in [3.8, 4) is 0 Å². The summed E-state index contributed by atoms with van der Waals surface area (Å²) in [6, 6.07) is 1.42. The average molecular weight is 254 g/mol. The van der Waals surface area contributed by atoms with E-state index >= 15 is 0 Å². The fourth-order valence-electron chi connectivity index (χ4n) is 1.58. The number of rotatable bonds is 4. The lowest BCUT2D eigenvalue weighted by molar-refractivity contribution is -0.140. The van der Waals surface area contributed by atoms with E-state index in [-0.39, 0.29) is 16.8 Å². The number of carbonyl (C=O) groups excluding carboxylic acids is 1. The van der Waals surface area contributed by atoms with E-state index in [1.807, 2.05) is 0 Å². The van der Waals surface area contributed by atoms with Crippen LogP contribution in [0.5, 0.6) is 0 Å². The van der Waals surface area contributed by atoms with Crippen LogP contribution >= 0.6 is 11.8 Å². The molecule has 1 aliphatic carbocycles. The number of H-pyrrole nitrogens is 1. The predicted molar refractivity (Wildman–Crippen MR) is 64.0 cm³/mol. The van der Waals surface area contributed by atoms with Crippen molar-refractivity contribution < 1.29 is 9.53 Å². The molecule has 0 amide bonds. The molecule has 1 heterocycles. The molecule has 1 fully saturated rings. The lowest BCUT2D eigenvalue weighted by Gasteiger charge is -2.12. The molecule has 1 aromatic rings. The number of thioether (sulfide) groups is 1. The Morgan fingerprint density at radius 1 is 1.65 bits per heavy atom. The van der Waals surface area contributed by atoms with Crippen molar-refractivity contribution in [2.24, 2.45) is 5.92 Å². The summed E-state index contributed by atoms with van der Waals surface area (Å²) < 4.78 is 4.77. The molecule has 5 nitrogen and oxygen atoms in total. The van der Waals surface area contributed by atoms with Gasteiger partial charge in [-0.05, 0) is 25.7 Å². The maximum atomic E-state index is 11.6. The maximum Gasteiger partial charge on any atom is 0.319 e. The summed E-state index contributed by atoms with van der Waals surface area (Å²) in [5.41, 5.74) is 0.454. The van der Waals surface area contributed by atoms with Crippen molar-refractivity contribution in [2.45, 2.75) is 30.2 Å². The van der Waals surface area contributed by atoms with Crippen LogP contribution in [0.15, 0.2) is 16.0 Å². The Labute approximate surface area is 103 Å².